The Morgan fingerprint density at radius 1 is 0.902 bits per heavy atom. The number of nitrogens with zero attached hydrogens (tertiary/aromatic N) is 3. The lowest BCUT2D eigenvalue weighted by Crippen LogP contribution is -2.50. The number of anilines is 2. The van der Waals surface area contributed by atoms with E-state index in [4.69, 9.17) is 9.72 Å². The first-order valence-corrected chi connectivity index (χ1v) is 15.8. The summed E-state index contributed by atoms with van der Waals surface area (Å²) in [7, 11) is -3.98. The van der Waals surface area contributed by atoms with E-state index in [-0.39, 0.29) is 17.3 Å². The molecule has 2 aliphatic heterocycles. The van der Waals surface area contributed by atoms with Gasteiger partial charge in [0, 0.05) is 25.3 Å². The molecule has 1 N–H and O–H groups in total. The zero-order valence-electron chi connectivity index (χ0n) is 22.2. The minimum atomic E-state index is -3.98. The normalized spacial score (nSPS) is 18.0. The molecule has 7 rings (SSSR count). The molecule has 0 radical (unpaired) electrons. The van der Waals surface area contributed by atoms with Gasteiger partial charge in [-0.25, -0.2) is 13.4 Å². The molecule has 0 spiro atoms. The molecule has 0 aliphatic carbocycles. The summed E-state index contributed by atoms with van der Waals surface area (Å²) in [5, 5.41) is 5.73. The van der Waals surface area contributed by atoms with Gasteiger partial charge in [-0.1, -0.05) is 65.9 Å². The Hall–Kier alpha value is -3.83. The predicted molar refractivity (Wildman–Crippen MR) is 162 cm³/mol. The van der Waals surface area contributed by atoms with E-state index in [0.29, 0.717) is 25.3 Å². The Bertz CT molecular complexity index is 1880. The number of aromatic nitrogens is 1. The fourth-order valence-electron chi connectivity index (χ4n) is 5.54. The van der Waals surface area contributed by atoms with Crippen LogP contribution in [0.3, 0.4) is 0 Å². The number of carbonyl (C=O) groups excluding carboxylic acids is 1. The van der Waals surface area contributed by atoms with Crippen molar-refractivity contribution >= 4 is 59.1 Å². The SMILES string of the molecule is O=C(Nc1ccc2nc(N3CCOCC3)sc2c1)C1Cc2ccccc2CN1S(=O)(=O)c1ccc2ccccc2c1. The summed E-state index contributed by atoms with van der Waals surface area (Å²) < 4.78 is 35.9. The number of rotatable bonds is 5. The van der Waals surface area contributed by atoms with E-state index in [9.17, 15) is 13.2 Å². The molecule has 1 aromatic heterocycles. The number of hydrogen-bond acceptors (Lipinski definition) is 7. The van der Waals surface area contributed by atoms with Crippen molar-refractivity contribution in [3.63, 3.8) is 0 Å². The van der Waals surface area contributed by atoms with Crippen molar-refractivity contribution in [2.45, 2.75) is 23.9 Å². The maximum absolute atomic E-state index is 14.1. The Balaban J connectivity index is 1.20. The van der Waals surface area contributed by atoms with Gasteiger partial charge in [-0.15, -0.1) is 0 Å². The van der Waals surface area contributed by atoms with Gasteiger partial charge in [-0.05, 0) is 58.7 Å². The molecular weight excluding hydrogens is 556 g/mol. The molecular formula is C31H28N4O4S2. The second-order valence-corrected chi connectivity index (χ2v) is 13.2. The van der Waals surface area contributed by atoms with Crippen LogP contribution in [0.25, 0.3) is 21.0 Å². The van der Waals surface area contributed by atoms with E-state index < -0.39 is 16.1 Å². The zero-order chi connectivity index (χ0) is 28.0. The number of carbonyl (C=O) groups is 1. The maximum atomic E-state index is 14.1. The zero-order valence-corrected chi connectivity index (χ0v) is 23.8. The molecule has 10 heteroatoms. The summed E-state index contributed by atoms with van der Waals surface area (Å²) >= 11 is 1.58. The molecule has 1 saturated heterocycles. The summed E-state index contributed by atoms with van der Waals surface area (Å²) in [4.78, 5) is 21.0. The molecule has 0 bridgehead atoms. The number of morpholine rings is 1. The van der Waals surface area contributed by atoms with Gasteiger partial charge in [-0.2, -0.15) is 4.31 Å². The number of ether oxygens (including phenoxy) is 1. The molecule has 0 saturated carbocycles. The van der Waals surface area contributed by atoms with Crippen molar-refractivity contribution in [3.8, 4) is 0 Å². The Morgan fingerprint density at radius 2 is 1.66 bits per heavy atom. The van der Waals surface area contributed by atoms with Gasteiger partial charge in [-0.3, -0.25) is 4.79 Å². The van der Waals surface area contributed by atoms with Crippen molar-refractivity contribution in [2.24, 2.45) is 0 Å². The van der Waals surface area contributed by atoms with Crippen LogP contribution in [0, 0.1) is 0 Å². The van der Waals surface area contributed by atoms with Gasteiger partial charge in [0.15, 0.2) is 5.13 Å². The third-order valence-corrected chi connectivity index (χ3v) is 10.7. The van der Waals surface area contributed by atoms with Crippen molar-refractivity contribution < 1.29 is 17.9 Å². The van der Waals surface area contributed by atoms with Crippen LogP contribution in [0.4, 0.5) is 10.8 Å². The fraction of sp³-hybridized carbons (Fsp3) is 0.226. The first-order valence-electron chi connectivity index (χ1n) is 13.6. The number of fused-ring (bicyclic) bond motifs is 3. The summed E-state index contributed by atoms with van der Waals surface area (Å²) in [6, 6.07) is 25.2. The largest absolute Gasteiger partial charge is 0.378 e. The lowest BCUT2D eigenvalue weighted by atomic mass is 9.95. The van der Waals surface area contributed by atoms with E-state index in [2.05, 4.69) is 10.2 Å². The van der Waals surface area contributed by atoms with Crippen molar-refractivity contribution in [1.29, 1.82) is 0 Å². The summed E-state index contributed by atoms with van der Waals surface area (Å²) in [5.41, 5.74) is 3.36. The fourth-order valence-corrected chi connectivity index (χ4v) is 8.20. The average Bonchev–Trinajstić information content (AvgIpc) is 3.44. The van der Waals surface area contributed by atoms with Crippen LogP contribution in [0.1, 0.15) is 11.1 Å². The molecule has 4 aromatic carbocycles. The minimum Gasteiger partial charge on any atom is -0.378 e. The smallest absolute Gasteiger partial charge is 0.244 e. The number of amides is 1. The Labute approximate surface area is 242 Å². The number of nitrogens with one attached hydrogen (secondary N) is 1. The van der Waals surface area contributed by atoms with Crippen LogP contribution in [-0.4, -0.2) is 56.0 Å². The minimum absolute atomic E-state index is 0.125. The highest BCUT2D eigenvalue weighted by Gasteiger charge is 2.39. The maximum Gasteiger partial charge on any atom is 0.244 e. The molecule has 41 heavy (non-hydrogen) atoms. The van der Waals surface area contributed by atoms with Crippen LogP contribution in [0.2, 0.25) is 0 Å². The molecule has 1 amide bonds. The highest BCUT2D eigenvalue weighted by Crippen LogP contribution is 2.33. The van der Waals surface area contributed by atoms with Gasteiger partial charge < -0.3 is 15.0 Å². The van der Waals surface area contributed by atoms with Gasteiger partial charge in [0.2, 0.25) is 15.9 Å². The molecule has 8 nitrogen and oxygen atoms in total. The van der Waals surface area contributed by atoms with Crippen LogP contribution in [-0.2, 0) is 32.5 Å². The Morgan fingerprint density at radius 3 is 2.49 bits per heavy atom. The lowest BCUT2D eigenvalue weighted by Gasteiger charge is -2.35. The molecule has 1 fully saturated rings. The van der Waals surface area contributed by atoms with Crippen molar-refractivity contribution in [1.82, 2.24) is 9.29 Å². The quantitative estimate of drug-likeness (QED) is 0.311. The first-order chi connectivity index (χ1) is 20.0. The second kappa shape index (κ2) is 10.5. The monoisotopic (exact) mass is 584 g/mol. The van der Waals surface area contributed by atoms with Crippen LogP contribution in [0.5, 0.6) is 0 Å². The first kappa shape index (κ1) is 26.1. The molecule has 208 valence electrons. The molecule has 1 unspecified atom stereocenters. The average molecular weight is 585 g/mol. The van der Waals surface area contributed by atoms with Gasteiger partial charge in [0.05, 0.1) is 28.3 Å². The van der Waals surface area contributed by atoms with E-state index in [1.165, 1.54) is 4.31 Å². The van der Waals surface area contributed by atoms with E-state index in [1.54, 1.807) is 23.5 Å². The topological polar surface area (TPSA) is 91.8 Å². The molecule has 1 atom stereocenters. The predicted octanol–water partition coefficient (Wildman–Crippen LogP) is 5.04. The summed E-state index contributed by atoms with van der Waals surface area (Å²) in [6.45, 7) is 3.09. The molecule has 2 aliphatic rings. The number of benzene rings is 4. The highest BCUT2D eigenvalue weighted by atomic mass is 32.2. The highest BCUT2D eigenvalue weighted by molar-refractivity contribution is 7.89. The standard InChI is InChI=1S/C31H28N4O4S2/c36-30(32-25-10-12-27-29(19-25)40-31(33-27)34-13-15-39-16-14-34)28-18-23-7-3-4-8-24(23)20-35(28)41(37,38)26-11-9-21-5-1-2-6-22(21)17-26/h1-12,17,19,28H,13-16,18,20H2,(H,32,36). The summed E-state index contributed by atoms with van der Waals surface area (Å²) in [6.07, 6.45) is 0.290. The van der Waals surface area contributed by atoms with Crippen LogP contribution >= 0.6 is 11.3 Å². The molecule has 3 heterocycles. The van der Waals surface area contributed by atoms with E-state index >= 15 is 0 Å². The van der Waals surface area contributed by atoms with Crippen molar-refractivity contribution in [3.05, 3.63) is 96.1 Å². The third kappa shape index (κ3) is 4.97. The van der Waals surface area contributed by atoms with Crippen LogP contribution in [0.15, 0.2) is 89.8 Å². The number of thiazole rings is 1. The molecule has 5 aromatic rings. The van der Waals surface area contributed by atoms with Crippen molar-refractivity contribution in [2.75, 3.05) is 36.5 Å². The van der Waals surface area contributed by atoms with Gasteiger partial charge in [0.25, 0.3) is 0 Å². The van der Waals surface area contributed by atoms with Gasteiger partial charge in [0.1, 0.15) is 6.04 Å². The Kier molecular flexibility index (Phi) is 6.70. The second-order valence-electron chi connectivity index (χ2n) is 10.3. The van der Waals surface area contributed by atoms with Crippen LogP contribution < -0.4 is 10.2 Å². The van der Waals surface area contributed by atoms with Gasteiger partial charge >= 0.3 is 0 Å². The third-order valence-electron chi connectivity index (χ3n) is 7.76. The summed E-state index contributed by atoms with van der Waals surface area (Å²) in [5.74, 6) is -0.360. The number of sulfonamides is 1. The van der Waals surface area contributed by atoms with E-state index in [1.807, 2.05) is 72.8 Å². The number of hydrogen-bond donors (Lipinski definition) is 1. The van der Waals surface area contributed by atoms with E-state index in [0.717, 1.165) is 50.3 Å². The lowest BCUT2D eigenvalue weighted by molar-refractivity contribution is -0.120.